The molecular formula is C28H17ClFNO4S. The number of amides is 2. The summed E-state index contributed by atoms with van der Waals surface area (Å²) >= 11 is 6.80. The molecule has 4 aromatic rings. The van der Waals surface area contributed by atoms with Gasteiger partial charge in [0.1, 0.15) is 11.6 Å². The van der Waals surface area contributed by atoms with Gasteiger partial charge in [-0.25, -0.2) is 9.18 Å². The minimum atomic E-state index is -0.591. The van der Waals surface area contributed by atoms with Crippen LogP contribution < -0.4 is 4.74 Å². The molecular weight excluding hydrogens is 501 g/mol. The number of benzene rings is 4. The minimum Gasteiger partial charge on any atom is -0.423 e. The van der Waals surface area contributed by atoms with Gasteiger partial charge in [-0.15, -0.1) is 0 Å². The lowest BCUT2D eigenvalue weighted by molar-refractivity contribution is -0.123. The number of esters is 1. The molecule has 0 aliphatic carbocycles. The number of carbonyl (C=O) groups excluding carboxylic acids is 3. The molecule has 0 N–H and O–H groups in total. The van der Waals surface area contributed by atoms with Crippen molar-refractivity contribution >= 4 is 57.3 Å². The van der Waals surface area contributed by atoms with Gasteiger partial charge in [0.25, 0.3) is 11.1 Å². The number of carbonyl (C=O) groups is 3. The van der Waals surface area contributed by atoms with Crippen molar-refractivity contribution in [2.45, 2.75) is 6.54 Å². The van der Waals surface area contributed by atoms with Crippen molar-refractivity contribution in [1.29, 1.82) is 0 Å². The summed E-state index contributed by atoms with van der Waals surface area (Å²) in [6, 6.07) is 23.7. The Kier molecular flexibility index (Phi) is 6.59. The molecule has 0 aromatic heterocycles. The number of ether oxygens (including phenoxy) is 1. The van der Waals surface area contributed by atoms with Crippen molar-refractivity contribution < 1.29 is 23.5 Å². The van der Waals surface area contributed by atoms with E-state index in [1.807, 2.05) is 30.3 Å². The highest BCUT2D eigenvalue weighted by Crippen LogP contribution is 2.35. The molecule has 8 heteroatoms. The molecule has 5 nitrogen and oxygen atoms in total. The molecule has 1 fully saturated rings. The molecule has 0 spiro atoms. The number of rotatable bonds is 5. The number of halogens is 2. The molecule has 1 aliphatic heterocycles. The highest BCUT2D eigenvalue weighted by atomic mass is 35.5. The summed E-state index contributed by atoms with van der Waals surface area (Å²) < 4.78 is 19.8. The quantitative estimate of drug-likeness (QED) is 0.161. The highest BCUT2D eigenvalue weighted by molar-refractivity contribution is 8.18. The molecule has 0 bridgehead atoms. The standard InChI is InChI=1S/C28H17ClFNO4S/c29-23-12-5-13-24(30)22(23)16-31-26(32)25(36-28(31)34)15-17-6-3-9-19(14-17)35-27(33)21-11-4-8-18-7-1-2-10-20(18)21/h1-15H,16H2/b25-15-. The topological polar surface area (TPSA) is 63.7 Å². The van der Waals surface area contributed by atoms with E-state index in [0.717, 1.165) is 27.4 Å². The maximum Gasteiger partial charge on any atom is 0.344 e. The number of hydrogen-bond donors (Lipinski definition) is 0. The first-order valence-electron chi connectivity index (χ1n) is 10.9. The van der Waals surface area contributed by atoms with Crippen LogP contribution in [0, 0.1) is 5.82 Å². The van der Waals surface area contributed by atoms with Crippen LogP contribution in [0.3, 0.4) is 0 Å². The fourth-order valence-electron chi connectivity index (χ4n) is 3.86. The van der Waals surface area contributed by atoms with Crippen molar-refractivity contribution in [2.24, 2.45) is 0 Å². The van der Waals surface area contributed by atoms with Gasteiger partial charge in [-0.1, -0.05) is 66.2 Å². The third-order valence-corrected chi connectivity index (χ3v) is 6.89. The van der Waals surface area contributed by atoms with Crippen molar-refractivity contribution in [3.63, 3.8) is 0 Å². The third-order valence-electron chi connectivity index (χ3n) is 5.63. The maximum atomic E-state index is 14.2. The molecule has 0 atom stereocenters. The van der Waals surface area contributed by atoms with Gasteiger partial charge in [-0.3, -0.25) is 14.5 Å². The molecule has 178 valence electrons. The third kappa shape index (κ3) is 4.76. The summed E-state index contributed by atoms with van der Waals surface area (Å²) in [5.41, 5.74) is 1.07. The molecule has 1 aliphatic rings. The number of hydrogen-bond acceptors (Lipinski definition) is 5. The average molecular weight is 518 g/mol. The molecule has 36 heavy (non-hydrogen) atoms. The zero-order chi connectivity index (χ0) is 25.2. The Morgan fingerprint density at radius 1 is 0.972 bits per heavy atom. The van der Waals surface area contributed by atoms with E-state index >= 15 is 0 Å². The molecule has 1 saturated heterocycles. The van der Waals surface area contributed by atoms with E-state index in [1.165, 1.54) is 24.3 Å². The molecule has 0 radical (unpaired) electrons. The summed E-state index contributed by atoms with van der Waals surface area (Å²) in [7, 11) is 0. The number of fused-ring (bicyclic) bond motifs is 1. The van der Waals surface area contributed by atoms with Gasteiger partial charge < -0.3 is 4.74 Å². The zero-order valence-corrected chi connectivity index (χ0v) is 20.2. The maximum absolute atomic E-state index is 14.2. The van der Waals surface area contributed by atoms with Crippen LogP contribution in [0.2, 0.25) is 5.02 Å². The lowest BCUT2D eigenvalue weighted by Gasteiger charge is -2.14. The van der Waals surface area contributed by atoms with Crippen LogP contribution in [-0.4, -0.2) is 22.0 Å². The minimum absolute atomic E-state index is 0.0741. The first-order valence-corrected chi connectivity index (χ1v) is 12.1. The summed E-state index contributed by atoms with van der Waals surface area (Å²) in [6.45, 7) is -0.268. The van der Waals surface area contributed by atoms with Crippen molar-refractivity contribution in [3.05, 3.63) is 117 Å². The Hall–Kier alpha value is -3.94. The SMILES string of the molecule is O=C(Oc1cccc(/C=C2\SC(=O)N(Cc3c(F)cccc3Cl)C2=O)c1)c1cccc2ccccc12. The predicted molar refractivity (Wildman–Crippen MR) is 138 cm³/mol. The largest absolute Gasteiger partial charge is 0.423 e. The van der Waals surface area contributed by atoms with Gasteiger partial charge in [-0.05, 0) is 64.5 Å². The number of thioether (sulfide) groups is 1. The average Bonchev–Trinajstić information content (AvgIpc) is 3.13. The first kappa shape index (κ1) is 23.8. The lowest BCUT2D eigenvalue weighted by atomic mass is 10.0. The van der Waals surface area contributed by atoms with Gasteiger partial charge >= 0.3 is 5.97 Å². The van der Waals surface area contributed by atoms with Crippen molar-refractivity contribution in [1.82, 2.24) is 4.90 Å². The molecule has 4 aromatic carbocycles. The molecule has 5 rings (SSSR count). The highest BCUT2D eigenvalue weighted by Gasteiger charge is 2.36. The van der Waals surface area contributed by atoms with Crippen LogP contribution in [0.5, 0.6) is 5.75 Å². The van der Waals surface area contributed by atoms with Crippen LogP contribution in [0.25, 0.3) is 16.8 Å². The van der Waals surface area contributed by atoms with Crippen LogP contribution in [0.4, 0.5) is 9.18 Å². The monoisotopic (exact) mass is 517 g/mol. The predicted octanol–water partition coefficient (Wildman–Crippen LogP) is 7.09. The van der Waals surface area contributed by atoms with Crippen LogP contribution >= 0.6 is 23.4 Å². The molecule has 2 amide bonds. The van der Waals surface area contributed by atoms with E-state index < -0.39 is 22.9 Å². The van der Waals surface area contributed by atoms with E-state index in [-0.39, 0.29) is 22.0 Å². The second-order valence-corrected chi connectivity index (χ2v) is 9.36. The van der Waals surface area contributed by atoms with Crippen LogP contribution in [0.15, 0.2) is 89.8 Å². The number of nitrogens with zero attached hydrogens (tertiary/aromatic N) is 1. The van der Waals surface area contributed by atoms with Gasteiger partial charge in [0.2, 0.25) is 0 Å². The van der Waals surface area contributed by atoms with Crippen LogP contribution in [-0.2, 0) is 11.3 Å². The van der Waals surface area contributed by atoms with Crippen LogP contribution in [0.1, 0.15) is 21.5 Å². The van der Waals surface area contributed by atoms with E-state index in [9.17, 15) is 18.8 Å². The van der Waals surface area contributed by atoms with E-state index in [0.29, 0.717) is 16.9 Å². The van der Waals surface area contributed by atoms with E-state index in [1.54, 1.807) is 36.4 Å². The first-order chi connectivity index (χ1) is 17.4. The molecule has 1 heterocycles. The summed E-state index contributed by atoms with van der Waals surface area (Å²) in [4.78, 5) is 39.3. The normalized spacial score (nSPS) is 14.6. The van der Waals surface area contributed by atoms with Crippen molar-refractivity contribution in [2.75, 3.05) is 0 Å². The smallest absolute Gasteiger partial charge is 0.344 e. The van der Waals surface area contributed by atoms with E-state index in [4.69, 9.17) is 16.3 Å². The Morgan fingerprint density at radius 3 is 2.56 bits per heavy atom. The Balaban J connectivity index is 1.35. The van der Waals surface area contributed by atoms with Crippen molar-refractivity contribution in [3.8, 4) is 5.75 Å². The number of imide groups is 1. The fourth-order valence-corrected chi connectivity index (χ4v) is 4.92. The second kappa shape index (κ2) is 9.97. The molecule has 0 saturated carbocycles. The summed E-state index contributed by atoms with van der Waals surface area (Å²) in [6.07, 6.45) is 1.53. The summed E-state index contributed by atoms with van der Waals surface area (Å²) in [5.74, 6) is -1.36. The van der Waals surface area contributed by atoms with Gasteiger partial charge in [0.15, 0.2) is 0 Å². The summed E-state index contributed by atoms with van der Waals surface area (Å²) in [5, 5.41) is 1.32. The Morgan fingerprint density at radius 2 is 1.72 bits per heavy atom. The van der Waals surface area contributed by atoms with Gasteiger partial charge in [-0.2, -0.15) is 0 Å². The second-order valence-electron chi connectivity index (χ2n) is 7.96. The zero-order valence-electron chi connectivity index (χ0n) is 18.6. The van der Waals surface area contributed by atoms with Gasteiger partial charge in [0, 0.05) is 10.6 Å². The van der Waals surface area contributed by atoms with E-state index in [2.05, 4.69) is 0 Å². The fraction of sp³-hybridized carbons (Fsp3) is 0.0357. The lowest BCUT2D eigenvalue weighted by Crippen LogP contribution is -2.28. The Bertz CT molecular complexity index is 1540. The van der Waals surface area contributed by atoms with Gasteiger partial charge in [0.05, 0.1) is 17.0 Å². The molecule has 0 unspecified atom stereocenters. The Labute approximate surface area is 215 Å².